The summed E-state index contributed by atoms with van der Waals surface area (Å²) in [6, 6.07) is 17.1. The number of anilines is 1. The summed E-state index contributed by atoms with van der Waals surface area (Å²) >= 11 is 1.71. The van der Waals surface area contributed by atoms with E-state index < -0.39 is 11.9 Å². The van der Waals surface area contributed by atoms with Crippen molar-refractivity contribution in [2.75, 3.05) is 44.9 Å². The largest absolute Gasteiger partial charge is 0.493 e. The number of likely N-dealkylation sites (N-methyl/N-ethyl adjacent to an activating group) is 1. The first kappa shape index (κ1) is 30.9. The number of benzene rings is 2. The summed E-state index contributed by atoms with van der Waals surface area (Å²) in [7, 11) is 3.93. The van der Waals surface area contributed by atoms with Crippen LogP contribution in [0.3, 0.4) is 0 Å². The van der Waals surface area contributed by atoms with Crippen molar-refractivity contribution in [3.05, 3.63) is 78.8 Å². The highest BCUT2D eigenvalue weighted by Gasteiger charge is 2.08. The lowest BCUT2D eigenvalue weighted by Gasteiger charge is -2.11. The molecule has 3 rings (SSSR count). The molecule has 0 unspecified atom stereocenters. The first-order valence-corrected chi connectivity index (χ1v) is 13.0. The van der Waals surface area contributed by atoms with E-state index in [0.29, 0.717) is 42.7 Å². The molecule has 0 radical (unpaired) electrons. The van der Waals surface area contributed by atoms with Gasteiger partial charge in [0.05, 0.1) is 18.6 Å². The number of urea groups is 1. The van der Waals surface area contributed by atoms with Gasteiger partial charge in [-0.05, 0) is 50.5 Å². The zero-order valence-corrected chi connectivity index (χ0v) is 22.5. The van der Waals surface area contributed by atoms with Crippen LogP contribution in [-0.4, -0.2) is 77.6 Å². The average molecular weight is 557 g/mol. The van der Waals surface area contributed by atoms with E-state index in [0.717, 1.165) is 29.3 Å². The number of aliphatic carboxylic acids is 2. The van der Waals surface area contributed by atoms with Crippen molar-refractivity contribution in [3.8, 4) is 17.1 Å². The third kappa shape index (κ3) is 13.7. The Bertz CT molecular complexity index is 1180. The van der Waals surface area contributed by atoms with Crippen molar-refractivity contribution < 1.29 is 33.8 Å². The monoisotopic (exact) mass is 556 g/mol. The smallest absolute Gasteiger partial charge is 0.328 e. The number of amides is 2. The van der Waals surface area contributed by atoms with Crippen LogP contribution in [0.5, 0.6) is 5.75 Å². The fourth-order valence-electron chi connectivity index (χ4n) is 2.83. The Morgan fingerprint density at radius 1 is 1.03 bits per heavy atom. The molecule has 3 aromatic rings. The lowest BCUT2D eigenvalue weighted by molar-refractivity contribution is -0.134. The van der Waals surface area contributed by atoms with E-state index in [1.165, 1.54) is 0 Å². The Hall–Kier alpha value is -4.29. The van der Waals surface area contributed by atoms with Crippen LogP contribution in [-0.2, 0) is 15.3 Å². The van der Waals surface area contributed by atoms with E-state index >= 15 is 0 Å². The first-order chi connectivity index (χ1) is 18.7. The van der Waals surface area contributed by atoms with E-state index in [-0.39, 0.29) is 6.03 Å². The van der Waals surface area contributed by atoms with E-state index in [1.54, 1.807) is 18.0 Å². The van der Waals surface area contributed by atoms with E-state index in [2.05, 4.69) is 15.6 Å². The summed E-state index contributed by atoms with van der Waals surface area (Å²) < 4.78 is 11.5. The summed E-state index contributed by atoms with van der Waals surface area (Å²) in [5, 5.41) is 21.3. The van der Waals surface area contributed by atoms with Crippen LogP contribution < -0.4 is 15.4 Å². The minimum Gasteiger partial charge on any atom is -0.493 e. The zero-order chi connectivity index (χ0) is 28.5. The van der Waals surface area contributed by atoms with Gasteiger partial charge < -0.3 is 34.9 Å². The van der Waals surface area contributed by atoms with Gasteiger partial charge in [0.2, 0.25) is 5.89 Å². The number of carboxylic acids is 2. The summed E-state index contributed by atoms with van der Waals surface area (Å²) in [6.07, 6.45) is 2.84. The van der Waals surface area contributed by atoms with E-state index in [4.69, 9.17) is 19.4 Å². The minimum absolute atomic E-state index is 0.218. The van der Waals surface area contributed by atoms with E-state index in [1.807, 2.05) is 73.6 Å². The second kappa shape index (κ2) is 17.3. The molecule has 11 nitrogen and oxygen atoms in total. The van der Waals surface area contributed by atoms with Gasteiger partial charge >= 0.3 is 18.0 Å². The number of hydrogen-bond donors (Lipinski definition) is 4. The number of oxazole rings is 1. The molecule has 0 spiro atoms. The van der Waals surface area contributed by atoms with Gasteiger partial charge in [0.25, 0.3) is 0 Å². The van der Waals surface area contributed by atoms with Gasteiger partial charge in [-0.2, -0.15) is 0 Å². The fraction of sp³-hybridized carbons (Fsp3) is 0.259. The summed E-state index contributed by atoms with van der Waals surface area (Å²) in [5.41, 5.74) is 1.63. The number of ether oxygens (including phenoxy) is 1. The van der Waals surface area contributed by atoms with Crippen LogP contribution >= 0.6 is 11.8 Å². The highest BCUT2D eigenvalue weighted by Crippen LogP contribution is 2.24. The summed E-state index contributed by atoms with van der Waals surface area (Å²) in [5.74, 6) is 1.29. The SMILES string of the molecule is CN(C)CCNC(=O)Nc1ccc(-c2cnc(CSCCOc3ccccc3)o2)cc1.O=C(O)C=CC(=O)O. The molecule has 39 heavy (non-hydrogen) atoms. The molecule has 2 aromatic carbocycles. The standard InChI is InChI=1S/C23H28N4O3S.C4H4O4/c1-27(2)13-12-24-23(28)26-19-10-8-18(9-11-19)21-16-25-22(30-21)17-31-15-14-29-20-6-4-3-5-7-20;5-3(6)1-2-4(7)8/h3-11,16H,12-15,17H2,1-2H3,(H2,24,26,28);1-2H,(H,5,6)(H,7,8). The molecular weight excluding hydrogens is 524 g/mol. The van der Waals surface area contributed by atoms with Crippen molar-refractivity contribution in [1.29, 1.82) is 0 Å². The van der Waals surface area contributed by atoms with Gasteiger partial charge in [0.1, 0.15) is 5.75 Å². The fourth-order valence-corrected chi connectivity index (χ4v) is 3.49. The number of nitrogens with one attached hydrogen (secondary N) is 2. The molecule has 0 aliphatic carbocycles. The second-order valence-corrected chi connectivity index (χ2v) is 9.21. The number of aromatic nitrogens is 1. The maximum atomic E-state index is 11.9. The Morgan fingerprint density at radius 3 is 2.31 bits per heavy atom. The molecule has 0 saturated carbocycles. The lowest BCUT2D eigenvalue weighted by atomic mass is 10.2. The molecule has 0 saturated heterocycles. The topological polar surface area (TPSA) is 154 Å². The molecule has 12 heteroatoms. The van der Waals surface area contributed by atoms with Crippen molar-refractivity contribution in [1.82, 2.24) is 15.2 Å². The maximum absolute atomic E-state index is 11.9. The van der Waals surface area contributed by atoms with Crippen molar-refractivity contribution >= 4 is 35.4 Å². The van der Waals surface area contributed by atoms with E-state index in [9.17, 15) is 14.4 Å². The van der Waals surface area contributed by atoms with Crippen molar-refractivity contribution in [3.63, 3.8) is 0 Å². The lowest BCUT2D eigenvalue weighted by Crippen LogP contribution is -2.34. The normalized spacial score (nSPS) is 10.5. The molecule has 1 heterocycles. The van der Waals surface area contributed by atoms with Gasteiger partial charge in [0, 0.05) is 42.2 Å². The van der Waals surface area contributed by atoms with Crippen molar-refractivity contribution in [2.45, 2.75) is 5.75 Å². The summed E-state index contributed by atoms with van der Waals surface area (Å²) in [6.45, 7) is 2.02. The quantitative estimate of drug-likeness (QED) is 0.179. The number of nitrogens with zero attached hydrogens (tertiary/aromatic N) is 2. The molecule has 208 valence electrons. The van der Waals surface area contributed by atoms with Gasteiger partial charge in [0.15, 0.2) is 5.76 Å². The van der Waals surface area contributed by atoms with Crippen LogP contribution in [0, 0.1) is 0 Å². The second-order valence-electron chi connectivity index (χ2n) is 8.10. The van der Waals surface area contributed by atoms with Crippen LogP contribution in [0.4, 0.5) is 10.5 Å². The maximum Gasteiger partial charge on any atom is 0.328 e. The molecule has 0 aliphatic heterocycles. The van der Waals surface area contributed by atoms with Crippen LogP contribution in [0.1, 0.15) is 5.89 Å². The van der Waals surface area contributed by atoms with Gasteiger partial charge in [-0.1, -0.05) is 18.2 Å². The molecule has 2 amide bonds. The molecular formula is C27H32N4O7S. The number of para-hydroxylation sites is 1. The summed E-state index contributed by atoms with van der Waals surface area (Å²) in [4.78, 5) is 37.4. The molecule has 1 aromatic heterocycles. The average Bonchev–Trinajstić information content (AvgIpc) is 3.37. The highest BCUT2D eigenvalue weighted by atomic mass is 32.2. The van der Waals surface area contributed by atoms with Crippen LogP contribution in [0.25, 0.3) is 11.3 Å². The predicted molar refractivity (Wildman–Crippen MR) is 150 cm³/mol. The molecule has 0 aliphatic rings. The predicted octanol–water partition coefficient (Wildman–Crippen LogP) is 4.05. The Kier molecular flexibility index (Phi) is 13.7. The third-order valence-electron chi connectivity index (χ3n) is 4.66. The molecule has 4 N–H and O–H groups in total. The number of carboxylic acid groups (broad SMARTS) is 2. The van der Waals surface area contributed by atoms with Crippen LogP contribution in [0.2, 0.25) is 0 Å². The first-order valence-electron chi connectivity index (χ1n) is 11.9. The van der Waals surface area contributed by atoms with Gasteiger partial charge in [-0.15, -0.1) is 11.8 Å². The molecule has 0 atom stereocenters. The number of thioether (sulfide) groups is 1. The van der Waals surface area contributed by atoms with Gasteiger partial charge in [-0.25, -0.2) is 19.4 Å². The number of rotatable bonds is 13. The number of carbonyl (C=O) groups is 3. The zero-order valence-electron chi connectivity index (χ0n) is 21.7. The minimum atomic E-state index is -1.26. The number of hydrogen-bond acceptors (Lipinski definition) is 8. The van der Waals surface area contributed by atoms with Gasteiger partial charge in [-0.3, -0.25) is 0 Å². The number of carbonyl (C=O) groups excluding carboxylic acids is 1. The third-order valence-corrected chi connectivity index (χ3v) is 5.57. The van der Waals surface area contributed by atoms with Crippen molar-refractivity contribution in [2.24, 2.45) is 0 Å². The van der Waals surface area contributed by atoms with Crippen LogP contribution in [0.15, 0.2) is 77.4 Å². The Labute approximate surface area is 230 Å². The molecule has 0 bridgehead atoms. The Balaban J connectivity index is 0.000000580. The molecule has 0 fully saturated rings. The Morgan fingerprint density at radius 2 is 1.69 bits per heavy atom. The highest BCUT2D eigenvalue weighted by molar-refractivity contribution is 7.98.